The number of hydrogen-bond acceptors (Lipinski definition) is 3. The van der Waals surface area contributed by atoms with E-state index < -0.39 is 0 Å². The number of ether oxygens (including phenoxy) is 1. The van der Waals surface area contributed by atoms with Gasteiger partial charge in [-0.1, -0.05) is 56.5 Å². The van der Waals surface area contributed by atoms with Crippen LogP contribution < -0.4 is 10.6 Å². The average molecular weight is 334 g/mol. The van der Waals surface area contributed by atoms with Crippen LogP contribution in [-0.4, -0.2) is 25.1 Å². The minimum Gasteiger partial charge on any atom is -0.445 e. The molecule has 5 nitrogen and oxygen atoms in total. The summed E-state index contributed by atoms with van der Waals surface area (Å²) >= 11 is 0. The van der Waals surface area contributed by atoms with Gasteiger partial charge in [-0.2, -0.15) is 0 Å². The Morgan fingerprint density at radius 1 is 0.917 bits per heavy atom. The van der Waals surface area contributed by atoms with E-state index in [2.05, 4.69) is 17.6 Å². The highest BCUT2D eigenvalue weighted by Gasteiger charge is 2.02. The lowest BCUT2D eigenvalue weighted by Gasteiger charge is -2.07. The normalized spacial score (nSPS) is 10.2. The van der Waals surface area contributed by atoms with E-state index in [1.807, 2.05) is 30.3 Å². The molecule has 1 rings (SSSR count). The minimum atomic E-state index is -0.373. The predicted octanol–water partition coefficient (Wildman–Crippen LogP) is 3.78. The van der Waals surface area contributed by atoms with Crippen LogP contribution in [0.25, 0.3) is 0 Å². The van der Waals surface area contributed by atoms with E-state index in [0.29, 0.717) is 19.6 Å². The Kier molecular flexibility index (Phi) is 11.2. The Morgan fingerprint density at radius 3 is 2.25 bits per heavy atom. The zero-order chi connectivity index (χ0) is 17.5. The Hall–Kier alpha value is -2.04. The second kappa shape index (κ2) is 13.4. The Bertz CT molecular complexity index is 463. The van der Waals surface area contributed by atoms with Crippen molar-refractivity contribution in [1.82, 2.24) is 10.6 Å². The van der Waals surface area contributed by atoms with Crippen LogP contribution in [0.5, 0.6) is 0 Å². The van der Waals surface area contributed by atoms with Gasteiger partial charge < -0.3 is 15.4 Å². The van der Waals surface area contributed by atoms with E-state index in [1.54, 1.807) is 0 Å². The van der Waals surface area contributed by atoms with E-state index in [9.17, 15) is 9.59 Å². The van der Waals surface area contributed by atoms with Gasteiger partial charge in [-0.3, -0.25) is 4.79 Å². The van der Waals surface area contributed by atoms with Crippen molar-refractivity contribution < 1.29 is 14.3 Å². The smallest absolute Gasteiger partial charge is 0.407 e. The molecule has 0 unspecified atom stereocenters. The summed E-state index contributed by atoms with van der Waals surface area (Å²) in [6.07, 6.45) is 6.25. The molecule has 24 heavy (non-hydrogen) atoms. The number of rotatable bonds is 12. The first-order chi connectivity index (χ1) is 11.7. The lowest BCUT2D eigenvalue weighted by Crippen LogP contribution is -2.25. The lowest BCUT2D eigenvalue weighted by molar-refractivity contribution is -0.121. The summed E-state index contributed by atoms with van der Waals surface area (Å²) in [5.74, 6) is 0.152. The van der Waals surface area contributed by atoms with E-state index in [-0.39, 0.29) is 12.0 Å². The number of carbonyl (C=O) groups is 2. The van der Waals surface area contributed by atoms with Crippen LogP contribution in [-0.2, 0) is 16.1 Å². The first-order valence-corrected chi connectivity index (χ1v) is 8.93. The molecule has 0 bridgehead atoms. The molecule has 0 heterocycles. The predicted molar refractivity (Wildman–Crippen MR) is 95.6 cm³/mol. The zero-order valence-corrected chi connectivity index (χ0v) is 14.7. The van der Waals surface area contributed by atoms with Gasteiger partial charge >= 0.3 is 6.09 Å². The molecule has 0 fully saturated rings. The number of unbranched alkanes of at least 4 members (excludes halogenated alkanes) is 4. The van der Waals surface area contributed by atoms with Gasteiger partial charge in [-0.05, 0) is 24.8 Å². The standard InChI is InChI=1S/C19H30N2O3/c1-2-3-13-18(22)20-14-9-4-5-10-15-21-19(23)24-16-17-11-7-6-8-12-17/h6-8,11-12H,2-5,9-10,13-16H2,1H3,(H,20,22)(H,21,23). The van der Waals surface area contributed by atoms with Crippen molar-refractivity contribution in [3.63, 3.8) is 0 Å². The van der Waals surface area contributed by atoms with E-state index >= 15 is 0 Å². The molecular formula is C19H30N2O3. The van der Waals surface area contributed by atoms with E-state index in [0.717, 1.165) is 50.6 Å². The summed E-state index contributed by atoms with van der Waals surface area (Å²) in [6.45, 7) is 3.74. The van der Waals surface area contributed by atoms with Crippen LogP contribution >= 0.6 is 0 Å². The van der Waals surface area contributed by atoms with Crippen LogP contribution in [0.15, 0.2) is 30.3 Å². The maximum atomic E-state index is 11.5. The number of nitrogens with one attached hydrogen (secondary N) is 2. The SMILES string of the molecule is CCCCC(=O)NCCCCCCNC(=O)OCc1ccccc1. The molecule has 0 saturated carbocycles. The molecule has 0 aromatic heterocycles. The maximum Gasteiger partial charge on any atom is 0.407 e. The largest absolute Gasteiger partial charge is 0.445 e. The zero-order valence-electron chi connectivity index (χ0n) is 14.7. The lowest BCUT2D eigenvalue weighted by atomic mass is 10.2. The topological polar surface area (TPSA) is 67.4 Å². The second-order valence-corrected chi connectivity index (χ2v) is 5.86. The first kappa shape index (κ1) is 20.0. The molecule has 1 aromatic rings. The number of hydrogen-bond donors (Lipinski definition) is 2. The first-order valence-electron chi connectivity index (χ1n) is 8.93. The van der Waals surface area contributed by atoms with Crippen LogP contribution in [0.2, 0.25) is 0 Å². The van der Waals surface area contributed by atoms with Crippen molar-refractivity contribution in [2.45, 2.75) is 58.5 Å². The van der Waals surface area contributed by atoms with Crippen molar-refractivity contribution in [2.75, 3.05) is 13.1 Å². The molecule has 1 aromatic carbocycles. The summed E-state index contributed by atoms with van der Waals surface area (Å²) in [5.41, 5.74) is 0.980. The second-order valence-electron chi connectivity index (χ2n) is 5.86. The third kappa shape index (κ3) is 10.6. The summed E-state index contributed by atoms with van der Waals surface area (Å²) in [5, 5.41) is 5.68. The fourth-order valence-corrected chi connectivity index (χ4v) is 2.22. The highest BCUT2D eigenvalue weighted by molar-refractivity contribution is 5.75. The van der Waals surface area contributed by atoms with Crippen LogP contribution in [0.3, 0.4) is 0 Å². The van der Waals surface area contributed by atoms with Gasteiger partial charge in [0.05, 0.1) is 0 Å². The van der Waals surface area contributed by atoms with E-state index in [1.165, 1.54) is 0 Å². The van der Waals surface area contributed by atoms with Crippen LogP contribution in [0, 0.1) is 0 Å². The molecule has 2 N–H and O–H groups in total. The van der Waals surface area contributed by atoms with Crippen LogP contribution in [0.4, 0.5) is 4.79 Å². The van der Waals surface area contributed by atoms with Crippen molar-refractivity contribution in [3.05, 3.63) is 35.9 Å². The third-order valence-electron chi connectivity index (χ3n) is 3.67. The molecule has 134 valence electrons. The van der Waals surface area contributed by atoms with Gasteiger partial charge in [0, 0.05) is 19.5 Å². The van der Waals surface area contributed by atoms with Crippen LogP contribution in [0.1, 0.15) is 57.4 Å². The monoisotopic (exact) mass is 334 g/mol. The summed E-state index contributed by atoms with van der Waals surface area (Å²) in [6, 6.07) is 9.62. The van der Waals surface area contributed by atoms with Gasteiger partial charge in [0.15, 0.2) is 0 Å². The average Bonchev–Trinajstić information content (AvgIpc) is 2.61. The number of benzene rings is 1. The molecular weight excluding hydrogens is 304 g/mol. The Labute approximate surface area is 145 Å². The fraction of sp³-hybridized carbons (Fsp3) is 0.579. The fourth-order valence-electron chi connectivity index (χ4n) is 2.22. The van der Waals surface area contributed by atoms with Gasteiger partial charge in [0.25, 0.3) is 0 Å². The Balaban J connectivity index is 1.89. The van der Waals surface area contributed by atoms with Crippen molar-refractivity contribution >= 4 is 12.0 Å². The van der Waals surface area contributed by atoms with Crippen molar-refractivity contribution in [3.8, 4) is 0 Å². The van der Waals surface area contributed by atoms with Gasteiger partial charge in [0.2, 0.25) is 5.91 Å². The molecule has 0 saturated heterocycles. The summed E-state index contributed by atoms with van der Waals surface area (Å²) < 4.78 is 5.13. The molecule has 0 spiro atoms. The molecule has 0 aliphatic heterocycles. The van der Waals surface area contributed by atoms with Crippen molar-refractivity contribution in [1.29, 1.82) is 0 Å². The summed E-state index contributed by atoms with van der Waals surface area (Å²) in [7, 11) is 0. The van der Waals surface area contributed by atoms with Gasteiger partial charge in [0.1, 0.15) is 6.61 Å². The third-order valence-corrected chi connectivity index (χ3v) is 3.67. The highest BCUT2D eigenvalue weighted by Crippen LogP contribution is 2.01. The number of amides is 2. The maximum absolute atomic E-state index is 11.5. The number of alkyl carbamates (subject to hydrolysis) is 1. The molecule has 0 radical (unpaired) electrons. The molecule has 5 heteroatoms. The van der Waals surface area contributed by atoms with Crippen molar-refractivity contribution in [2.24, 2.45) is 0 Å². The minimum absolute atomic E-state index is 0.152. The van der Waals surface area contributed by atoms with Gasteiger partial charge in [-0.15, -0.1) is 0 Å². The quantitative estimate of drug-likeness (QED) is 0.572. The number of carbonyl (C=O) groups excluding carboxylic acids is 2. The Morgan fingerprint density at radius 2 is 1.58 bits per heavy atom. The molecule has 0 aliphatic carbocycles. The van der Waals surface area contributed by atoms with Gasteiger partial charge in [-0.25, -0.2) is 4.79 Å². The van der Waals surface area contributed by atoms with E-state index in [4.69, 9.17) is 4.74 Å². The molecule has 0 atom stereocenters. The highest BCUT2D eigenvalue weighted by atomic mass is 16.5. The summed E-state index contributed by atoms with van der Waals surface area (Å²) in [4.78, 5) is 22.9. The molecule has 2 amide bonds. The molecule has 0 aliphatic rings.